The van der Waals surface area contributed by atoms with Gasteiger partial charge in [0.05, 0.1) is 5.38 Å². The predicted octanol–water partition coefficient (Wildman–Crippen LogP) is 5.12. The Kier molecular flexibility index (Phi) is 4.54. The highest BCUT2D eigenvalue weighted by molar-refractivity contribution is 6.21. The molecule has 0 spiro atoms. The van der Waals surface area contributed by atoms with Gasteiger partial charge >= 0.3 is 0 Å². The van der Waals surface area contributed by atoms with Crippen molar-refractivity contribution in [3.05, 3.63) is 71.3 Å². The zero-order valence-corrected chi connectivity index (χ0v) is 11.4. The molecule has 2 unspecified atom stereocenters. The first-order valence-electron chi connectivity index (χ1n) is 6.21. The van der Waals surface area contributed by atoms with Crippen LogP contribution >= 0.6 is 11.6 Å². The topological polar surface area (TPSA) is 0 Å². The maximum Gasteiger partial charge on any atom is 0.129 e. The molecular weight excluding hydrogens is 266 g/mol. The Morgan fingerprint density at radius 1 is 1.05 bits per heavy atom. The Balaban J connectivity index is 2.10. The number of hydrogen-bond donors (Lipinski definition) is 0. The Labute approximate surface area is 117 Å². The van der Waals surface area contributed by atoms with Gasteiger partial charge in [0.25, 0.3) is 0 Å². The molecule has 0 heterocycles. The molecule has 0 saturated carbocycles. The van der Waals surface area contributed by atoms with E-state index in [9.17, 15) is 8.78 Å². The van der Waals surface area contributed by atoms with Crippen LogP contribution in [0.1, 0.15) is 23.4 Å². The molecule has 0 aliphatic carbocycles. The largest absolute Gasteiger partial charge is 0.207 e. The van der Waals surface area contributed by atoms with Crippen LogP contribution in [0.5, 0.6) is 0 Å². The standard InChI is InChI=1S/C16H15ClF2/c1-11(16(17)12-5-3-2-4-6-12)9-13-7-8-14(18)10-15(13)19/h2-8,10-11,16H,9H2,1H3. The highest BCUT2D eigenvalue weighted by atomic mass is 35.5. The van der Waals surface area contributed by atoms with Crippen molar-refractivity contribution in [1.29, 1.82) is 0 Å². The van der Waals surface area contributed by atoms with Gasteiger partial charge in [-0.3, -0.25) is 0 Å². The summed E-state index contributed by atoms with van der Waals surface area (Å²) in [5.74, 6) is -1.01. The first kappa shape index (κ1) is 14.0. The first-order chi connectivity index (χ1) is 9.08. The van der Waals surface area contributed by atoms with Crippen molar-refractivity contribution in [2.24, 2.45) is 5.92 Å². The highest BCUT2D eigenvalue weighted by Crippen LogP contribution is 2.31. The molecule has 3 heteroatoms. The Morgan fingerprint density at radius 3 is 2.37 bits per heavy atom. The molecule has 2 aromatic rings. The molecule has 19 heavy (non-hydrogen) atoms. The van der Waals surface area contributed by atoms with E-state index in [1.165, 1.54) is 12.1 Å². The molecule has 0 aliphatic heterocycles. The van der Waals surface area contributed by atoms with E-state index in [2.05, 4.69) is 0 Å². The van der Waals surface area contributed by atoms with E-state index in [-0.39, 0.29) is 11.3 Å². The Morgan fingerprint density at radius 2 is 1.74 bits per heavy atom. The van der Waals surface area contributed by atoms with E-state index in [0.29, 0.717) is 12.0 Å². The van der Waals surface area contributed by atoms with Crippen LogP contribution in [0.2, 0.25) is 0 Å². The van der Waals surface area contributed by atoms with Gasteiger partial charge in [0, 0.05) is 6.07 Å². The van der Waals surface area contributed by atoms with Crippen molar-refractivity contribution >= 4 is 11.6 Å². The zero-order chi connectivity index (χ0) is 13.8. The van der Waals surface area contributed by atoms with E-state index in [0.717, 1.165) is 11.6 Å². The lowest BCUT2D eigenvalue weighted by Crippen LogP contribution is -2.08. The van der Waals surface area contributed by atoms with Gasteiger partial charge in [0.15, 0.2) is 0 Å². The summed E-state index contributed by atoms with van der Waals surface area (Å²) < 4.78 is 26.4. The fourth-order valence-electron chi connectivity index (χ4n) is 2.10. The monoisotopic (exact) mass is 280 g/mol. The molecule has 2 rings (SSSR count). The van der Waals surface area contributed by atoms with Crippen LogP contribution in [0.4, 0.5) is 8.78 Å². The quantitative estimate of drug-likeness (QED) is 0.682. The normalized spacial score (nSPS) is 14.1. The molecule has 100 valence electrons. The summed E-state index contributed by atoms with van der Waals surface area (Å²) in [6.07, 6.45) is 0.481. The van der Waals surface area contributed by atoms with Gasteiger partial charge in [-0.2, -0.15) is 0 Å². The lowest BCUT2D eigenvalue weighted by molar-refractivity contribution is 0.521. The van der Waals surface area contributed by atoms with E-state index < -0.39 is 11.6 Å². The number of rotatable bonds is 4. The second kappa shape index (κ2) is 6.16. The van der Waals surface area contributed by atoms with Crippen molar-refractivity contribution in [1.82, 2.24) is 0 Å². The van der Waals surface area contributed by atoms with Crippen LogP contribution in [0.15, 0.2) is 48.5 Å². The van der Waals surface area contributed by atoms with Crippen LogP contribution in [0, 0.1) is 17.6 Å². The fourth-order valence-corrected chi connectivity index (χ4v) is 2.34. The number of alkyl halides is 1. The van der Waals surface area contributed by atoms with Gasteiger partial charge in [0.1, 0.15) is 11.6 Å². The average molecular weight is 281 g/mol. The van der Waals surface area contributed by atoms with E-state index in [1.54, 1.807) is 0 Å². The van der Waals surface area contributed by atoms with Gasteiger partial charge in [-0.1, -0.05) is 43.3 Å². The average Bonchev–Trinajstić information content (AvgIpc) is 2.42. The van der Waals surface area contributed by atoms with Crippen LogP contribution in [-0.2, 0) is 6.42 Å². The summed E-state index contributed by atoms with van der Waals surface area (Å²) in [5, 5.41) is -0.189. The third kappa shape index (κ3) is 3.54. The maximum atomic E-state index is 13.6. The van der Waals surface area contributed by atoms with Crippen molar-refractivity contribution in [2.75, 3.05) is 0 Å². The second-order valence-corrected chi connectivity index (χ2v) is 5.20. The van der Waals surface area contributed by atoms with Crippen molar-refractivity contribution in [3.63, 3.8) is 0 Å². The van der Waals surface area contributed by atoms with Crippen LogP contribution < -0.4 is 0 Å². The van der Waals surface area contributed by atoms with Crippen molar-refractivity contribution in [2.45, 2.75) is 18.7 Å². The lowest BCUT2D eigenvalue weighted by Gasteiger charge is -2.18. The molecule has 0 aliphatic rings. The molecule has 0 radical (unpaired) electrons. The first-order valence-corrected chi connectivity index (χ1v) is 6.64. The van der Waals surface area contributed by atoms with Crippen LogP contribution in [0.25, 0.3) is 0 Å². The van der Waals surface area contributed by atoms with E-state index >= 15 is 0 Å². The smallest absolute Gasteiger partial charge is 0.129 e. The molecule has 0 saturated heterocycles. The van der Waals surface area contributed by atoms with Gasteiger partial charge in [-0.15, -0.1) is 11.6 Å². The molecule has 0 aromatic heterocycles. The third-order valence-corrected chi connectivity index (χ3v) is 3.86. The third-order valence-electron chi connectivity index (χ3n) is 3.17. The summed E-state index contributed by atoms with van der Waals surface area (Å²) >= 11 is 6.39. The number of hydrogen-bond acceptors (Lipinski definition) is 0. The van der Waals surface area contributed by atoms with Crippen LogP contribution in [0.3, 0.4) is 0 Å². The predicted molar refractivity (Wildman–Crippen MR) is 74.3 cm³/mol. The second-order valence-electron chi connectivity index (χ2n) is 4.73. The molecule has 0 nitrogen and oxygen atoms in total. The summed E-state index contributed by atoms with van der Waals surface area (Å²) in [6, 6.07) is 13.4. The summed E-state index contributed by atoms with van der Waals surface area (Å²) in [7, 11) is 0. The Bertz CT molecular complexity index is 540. The van der Waals surface area contributed by atoms with Crippen LogP contribution in [-0.4, -0.2) is 0 Å². The van der Waals surface area contributed by atoms with Gasteiger partial charge in [0.2, 0.25) is 0 Å². The minimum absolute atomic E-state index is 0.0593. The highest BCUT2D eigenvalue weighted by Gasteiger charge is 2.18. The summed E-state index contributed by atoms with van der Waals surface area (Å²) in [6.45, 7) is 1.97. The Hall–Kier alpha value is -1.41. The maximum absolute atomic E-state index is 13.6. The van der Waals surface area contributed by atoms with Gasteiger partial charge < -0.3 is 0 Å². The molecule has 0 amide bonds. The minimum Gasteiger partial charge on any atom is -0.207 e. The zero-order valence-electron chi connectivity index (χ0n) is 10.6. The molecule has 2 aromatic carbocycles. The summed E-state index contributed by atoms with van der Waals surface area (Å²) in [5.41, 5.74) is 1.51. The molecular formula is C16H15ClF2. The van der Waals surface area contributed by atoms with E-state index in [4.69, 9.17) is 11.6 Å². The van der Waals surface area contributed by atoms with E-state index in [1.807, 2.05) is 37.3 Å². The molecule has 0 N–H and O–H groups in total. The summed E-state index contributed by atoms with van der Waals surface area (Å²) in [4.78, 5) is 0. The number of halogens is 3. The van der Waals surface area contributed by atoms with Crippen molar-refractivity contribution < 1.29 is 8.78 Å². The SMILES string of the molecule is CC(Cc1ccc(F)cc1F)C(Cl)c1ccccc1. The lowest BCUT2D eigenvalue weighted by atomic mass is 9.93. The molecule has 2 atom stereocenters. The van der Waals surface area contributed by atoms with Gasteiger partial charge in [-0.05, 0) is 29.5 Å². The molecule has 0 fully saturated rings. The number of benzene rings is 2. The molecule has 0 bridgehead atoms. The fraction of sp³-hybridized carbons (Fsp3) is 0.250. The van der Waals surface area contributed by atoms with Gasteiger partial charge in [-0.25, -0.2) is 8.78 Å². The van der Waals surface area contributed by atoms with Crippen molar-refractivity contribution in [3.8, 4) is 0 Å². The minimum atomic E-state index is -0.556.